The first-order valence-corrected chi connectivity index (χ1v) is 7.19. The first kappa shape index (κ1) is 12.1. The molecule has 0 bridgehead atoms. The Hall–Kier alpha value is -2.62. The third-order valence-corrected chi connectivity index (χ3v) is 3.98. The minimum atomic E-state index is 0.437. The van der Waals surface area contributed by atoms with E-state index in [-0.39, 0.29) is 0 Å². The molecule has 4 nitrogen and oxygen atoms in total. The van der Waals surface area contributed by atoms with Crippen LogP contribution in [0, 0.1) is 0 Å². The maximum Gasteiger partial charge on any atom is 0.0894 e. The number of fused-ring (bicyclic) bond motifs is 1. The number of rotatable bonds is 3. The van der Waals surface area contributed by atoms with Gasteiger partial charge in [-0.2, -0.15) is 0 Å². The van der Waals surface area contributed by atoms with Crippen LogP contribution in [-0.4, -0.2) is 21.0 Å². The Balaban J connectivity index is 1.59. The van der Waals surface area contributed by atoms with Gasteiger partial charge in [-0.05, 0) is 36.1 Å². The second-order valence-corrected chi connectivity index (χ2v) is 5.38. The highest BCUT2D eigenvalue weighted by molar-refractivity contribution is 5.61. The highest BCUT2D eigenvalue weighted by Gasteiger charge is 2.21. The van der Waals surface area contributed by atoms with E-state index in [1.54, 1.807) is 10.9 Å². The minimum Gasteiger partial charge on any atom is -0.380 e. The number of nitrogens with one attached hydrogen (secondary N) is 1. The van der Waals surface area contributed by atoms with Gasteiger partial charge in [0.1, 0.15) is 0 Å². The summed E-state index contributed by atoms with van der Waals surface area (Å²) < 4.78 is 1.80. The smallest absolute Gasteiger partial charge is 0.0894 e. The summed E-state index contributed by atoms with van der Waals surface area (Å²) >= 11 is 0. The van der Waals surface area contributed by atoms with Crippen molar-refractivity contribution >= 4 is 5.69 Å². The van der Waals surface area contributed by atoms with Crippen molar-refractivity contribution in [2.75, 3.05) is 5.32 Å². The molecular formula is C17H16N4. The predicted molar refractivity (Wildman–Crippen MR) is 82.6 cm³/mol. The summed E-state index contributed by atoms with van der Waals surface area (Å²) in [6, 6.07) is 17.3. The molecule has 0 aliphatic heterocycles. The van der Waals surface area contributed by atoms with E-state index in [2.05, 4.69) is 52.0 Å². The molecule has 1 aromatic heterocycles. The summed E-state index contributed by atoms with van der Waals surface area (Å²) in [4.78, 5) is 0. The Morgan fingerprint density at radius 2 is 1.67 bits per heavy atom. The summed E-state index contributed by atoms with van der Waals surface area (Å²) in [7, 11) is 0. The predicted octanol–water partition coefficient (Wildman–Crippen LogP) is 2.85. The number of hydrogen-bond donors (Lipinski definition) is 1. The molecule has 0 fully saturated rings. The zero-order valence-electron chi connectivity index (χ0n) is 11.6. The Kier molecular flexibility index (Phi) is 2.92. The molecule has 0 saturated carbocycles. The maximum atomic E-state index is 4.09. The van der Waals surface area contributed by atoms with E-state index >= 15 is 0 Å². The molecule has 1 heterocycles. The summed E-state index contributed by atoms with van der Waals surface area (Å²) in [5.74, 6) is 0. The second-order valence-electron chi connectivity index (χ2n) is 5.38. The van der Waals surface area contributed by atoms with Gasteiger partial charge in [0.05, 0.1) is 23.8 Å². The van der Waals surface area contributed by atoms with E-state index in [1.165, 1.54) is 11.1 Å². The summed E-state index contributed by atoms with van der Waals surface area (Å²) in [6.45, 7) is 0. The van der Waals surface area contributed by atoms with Crippen LogP contribution in [0.1, 0.15) is 11.1 Å². The maximum absolute atomic E-state index is 4.09. The van der Waals surface area contributed by atoms with Crippen LogP contribution < -0.4 is 5.32 Å². The topological polar surface area (TPSA) is 42.7 Å². The van der Waals surface area contributed by atoms with Crippen molar-refractivity contribution in [3.8, 4) is 5.69 Å². The Morgan fingerprint density at radius 3 is 2.38 bits per heavy atom. The molecule has 0 unspecified atom stereocenters. The number of benzene rings is 2. The van der Waals surface area contributed by atoms with E-state index in [9.17, 15) is 0 Å². The van der Waals surface area contributed by atoms with Crippen LogP contribution in [0.5, 0.6) is 0 Å². The van der Waals surface area contributed by atoms with Crippen LogP contribution in [-0.2, 0) is 12.8 Å². The third-order valence-electron chi connectivity index (χ3n) is 3.98. The molecule has 0 saturated heterocycles. The van der Waals surface area contributed by atoms with Gasteiger partial charge in [0.15, 0.2) is 0 Å². The molecule has 4 heteroatoms. The average Bonchev–Trinajstić information content (AvgIpc) is 3.16. The molecule has 1 aliphatic rings. The van der Waals surface area contributed by atoms with Crippen molar-refractivity contribution < 1.29 is 0 Å². The fraction of sp³-hybridized carbons (Fsp3) is 0.176. The summed E-state index contributed by atoms with van der Waals surface area (Å²) in [5, 5.41) is 11.6. The van der Waals surface area contributed by atoms with Crippen LogP contribution in [0.4, 0.5) is 5.69 Å². The molecular weight excluding hydrogens is 260 g/mol. The quantitative estimate of drug-likeness (QED) is 0.800. The molecule has 0 radical (unpaired) electrons. The van der Waals surface area contributed by atoms with Gasteiger partial charge in [0.2, 0.25) is 0 Å². The number of anilines is 1. The zero-order valence-corrected chi connectivity index (χ0v) is 11.6. The van der Waals surface area contributed by atoms with E-state index in [4.69, 9.17) is 0 Å². The normalized spacial score (nSPS) is 14.1. The van der Waals surface area contributed by atoms with Crippen LogP contribution in [0.25, 0.3) is 5.69 Å². The van der Waals surface area contributed by atoms with E-state index in [1.807, 2.05) is 18.3 Å². The van der Waals surface area contributed by atoms with Gasteiger partial charge in [-0.3, -0.25) is 0 Å². The van der Waals surface area contributed by atoms with Gasteiger partial charge < -0.3 is 5.32 Å². The molecule has 0 amide bonds. The van der Waals surface area contributed by atoms with Crippen LogP contribution >= 0.6 is 0 Å². The lowest BCUT2D eigenvalue weighted by atomic mass is 10.1. The molecule has 2 aromatic carbocycles. The molecule has 0 spiro atoms. The Bertz CT molecular complexity index is 724. The second kappa shape index (κ2) is 5.05. The van der Waals surface area contributed by atoms with E-state index < -0.39 is 0 Å². The van der Waals surface area contributed by atoms with E-state index in [0.29, 0.717) is 6.04 Å². The number of para-hydroxylation sites is 2. The Morgan fingerprint density at radius 1 is 0.952 bits per heavy atom. The van der Waals surface area contributed by atoms with Crippen LogP contribution in [0.15, 0.2) is 60.9 Å². The highest BCUT2D eigenvalue weighted by Crippen LogP contribution is 2.26. The van der Waals surface area contributed by atoms with Gasteiger partial charge in [-0.15, -0.1) is 5.10 Å². The van der Waals surface area contributed by atoms with Crippen molar-refractivity contribution in [3.05, 3.63) is 72.1 Å². The third kappa shape index (κ3) is 2.29. The van der Waals surface area contributed by atoms with Gasteiger partial charge in [-0.25, -0.2) is 4.68 Å². The lowest BCUT2D eigenvalue weighted by Gasteiger charge is -2.16. The van der Waals surface area contributed by atoms with Crippen molar-refractivity contribution in [1.29, 1.82) is 0 Å². The van der Waals surface area contributed by atoms with Gasteiger partial charge in [0.25, 0.3) is 0 Å². The molecule has 1 aliphatic carbocycles. The van der Waals surface area contributed by atoms with Crippen molar-refractivity contribution in [3.63, 3.8) is 0 Å². The van der Waals surface area contributed by atoms with Crippen molar-refractivity contribution in [2.24, 2.45) is 0 Å². The lowest BCUT2D eigenvalue weighted by Crippen LogP contribution is -2.20. The average molecular weight is 276 g/mol. The molecule has 104 valence electrons. The summed E-state index contributed by atoms with van der Waals surface area (Å²) in [6.07, 6.45) is 5.70. The first-order valence-electron chi connectivity index (χ1n) is 7.19. The Labute approximate surface area is 123 Å². The number of nitrogens with zero attached hydrogens (tertiary/aromatic N) is 3. The minimum absolute atomic E-state index is 0.437. The zero-order chi connectivity index (χ0) is 14.1. The van der Waals surface area contributed by atoms with Crippen LogP contribution in [0.2, 0.25) is 0 Å². The molecule has 21 heavy (non-hydrogen) atoms. The highest BCUT2D eigenvalue weighted by atomic mass is 15.4. The molecule has 0 atom stereocenters. The number of hydrogen-bond acceptors (Lipinski definition) is 3. The fourth-order valence-corrected chi connectivity index (χ4v) is 3.01. The van der Waals surface area contributed by atoms with Crippen molar-refractivity contribution in [2.45, 2.75) is 18.9 Å². The first-order chi connectivity index (χ1) is 10.4. The van der Waals surface area contributed by atoms with Gasteiger partial charge in [0, 0.05) is 6.04 Å². The molecule has 1 N–H and O–H groups in total. The van der Waals surface area contributed by atoms with Gasteiger partial charge in [-0.1, -0.05) is 41.6 Å². The van der Waals surface area contributed by atoms with Crippen LogP contribution in [0.3, 0.4) is 0 Å². The molecule has 4 rings (SSSR count). The van der Waals surface area contributed by atoms with E-state index in [0.717, 1.165) is 24.2 Å². The summed E-state index contributed by atoms with van der Waals surface area (Å²) in [5.41, 5.74) is 5.04. The monoisotopic (exact) mass is 276 g/mol. The van der Waals surface area contributed by atoms with Gasteiger partial charge >= 0.3 is 0 Å². The van der Waals surface area contributed by atoms with Crippen molar-refractivity contribution in [1.82, 2.24) is 15.0 Å². The SMILES string of the molecule is c1ccc2c(c1)CC(Nc1ccccc1-n1ccnn1)C2. The number of aromatic nitrogens is 3. The lowest BCUT2D eigenvalue weighted by molar-refractivity contribution is 0.763. The fourth-order valence-electron chi connectivity index (χ4n) is 3.01. The molecule has 3 aromatic rings. The largest absolute Gasteiger partial charge is 0.380 e. The standard InChI is InChI=1S/C17H16N4/c1-2-6-14-12-15(11-13(14)5-1)19-16-7-3-4-8-17(16)21-10-9-18-20-21/h1-10,15,19H,11-12H2.